The van der Waals surface area contributed by atoms with Crippen LogP contribution in [0.5, 0.6) is 0 Å². The number of carbonyl (C=O) groups is 2. The zero-order valence-electron chi connectivity index (χ0n) is 24.3. The lowest BCUT2D eigenvalue weighted by atomic mass is 10.1. The van der Waals surface area contributed by atoms with Crippen LogP contribution in [-0.2, 0) is 0 Å². The summed E-state index contributed by atoms with van der Waals surface area (Å²) in [6.45, 7) is 3.20. The lowest BCUT2D eigenvalue weighted by Gasteiger charge is -2.16. The van der Waals surface area contributed by atoms with E-state index in [2.05, 4.69) is 25.3 Å². The third-order valence-corrected chi connectivity index (χ3v) is 7.10. The van der Waals surface area contributed by atoms with E-state index in [1.165, 1.54) is 42.7 Å². The van der Waals surface area contributed by atoms with Crippen molar-refractivity contribution in [3.8, 4) is 22.5 Å². The summed E-state index contributed by atoms with van der Waals surface area (Å²) in [6.07, 6.45) is 7.19. The predicted molar refractivity (Wildman–Crippen MR) is 170 cm³/mol. The minimum atomic E-state index is -0.433. The van der Waals surface area contributed by atoms with Crippen LogP contribution in [0.25, 0.3) is 22.5 Å². The van der Waals surface area contributed by atoms with E-state index < -0.39 is 5.82 Å². The van der Waals surface area contributed by atoms with E-state index in [1.807, 2.05) is 0 Å². The second kappa shape index (κ2) is 15.6. The van der Waals surface area contributed by atoms with Gasteiger partial charge in [-0.05, 0) is 85.8 Å². The molecule has 2 aliphatic rings. The van der Waals surface area contributed by atoms with Crippen LogP contribution < -0.4 is 22.5 Å². The van der Waals surface area contributed by atoms with Gasteiger partial charge in [0.25, 0.3) is 0 Å². The topological polar surface area (TPSA) is 182 Å². The molecule has 0 atom stereocenters. The van der Waals surface area contributed by atoms with Crippen LogP contribution in [-0.4, -0.2) is 67.3 Å². The fourth-order valence-electron chi connectivity index (χ4n) is 4.60. The van der Waals surface area contributed by atoms with E-state index in [1.54, 1.807) is 28.0 Å². The molecule has 2 aliphatic heterocycles. The summed E-state index contributed by atoms with van der Waals surface area (Å²) in [5.41, 5.74) is 18.9. The molecule has 2 aromatic carbocycles. The van der Waals surface area contributed by atoms with Gasteiger partial charge in [-0.25, -0.2) is 33.5 Å². The first-order valence-corrected chi connectivity index (χ1v) is 14.5. The lowest BCUT2D eigenvalue weighted by Crippen LogP contribution is -2.32. The van der Waals surface area contributed by atoms with Crippen LogP contribution in [0.3, 0.4) is 0 Å². The largest absolute Gasteiger partial charge is 0.399 e. The molecule has 2 fully saturated rings. The van der Waals surface area contributed by atoms with Crippen molar-refractivity contribution in [1.82, 2.24) is 29.7 Å². The molecule has 0 unspecified atom stereocenters. The molecule has 0 spiro atoms. The van der Waals surface area contributed by atoms with Crippen molar-refractivity contribution in [3.05, 3.63) is 72.6 Å². The number of hydrogen-bond donors (Lipinski definition) is 4. The zero-order chi connectivity index (χ0) is 32.3. The number of carbonyl (C=O) groups excluding carboxylic acids is 2. The van der Waals surface area contributed by atoms with Gasteiger partial charge < -0.3 is 32.3 Å². The lowest BCUT2D eigenvalue weighted by molar-refractivity contribution is 0.222. The van der Waals surface area contributed by atoms with Crippen LogP contribution in [0.15, 0.2) is 60.9 Å². The first-order valence-electron chi connectivity index (χ1n) is 14.1. The third-order valence-electron chi connectivity index (χ3n) is 6.86. The van der Waals surface area contributed by atoms with Crippen molar-refractivity contribution in [2.24, 2.45) is 0 Å². The number of nitrogens with two attached hydrogens (primary N) is 3. The van der Waals surface area contributed by atoms with Crippen LogP contribution in [0.1, 0.15) is 25.7 Å². The Morgan fingerprint density at radius 3 is 1.69 bits per heavy atom. The number of halogens is 3. The molecule has 0 radical (unpaired) electrons. The van der Waals surface area contributed by atoms with E-state index >= 15 is 0 Å². The highest BCUT2D eigenvalue weighted by Gasteiger charge is 2.18. The molecule has 4 aromatic rings. The van der Waals surface area contributed by atoms with Crippen molar-refractivity contribution in [3.63, 3.8) is 0 Å². The number of rotatable bonds is 3. The molecule has 7 N–H and O–H groups in total. The van der Waals surface area contributed by atoms with Gasteiger partial charge in [-0.1, -0.05) is 0 Å². The SMILES string of the molecule is Nc1ccc(F)c(-c2ccnc(N)n2)c1.Nc1nccc(-c2cc(NC(=O)N3CCCC3)ccc2F)n1.O=C(Cl)N1CCCC1. The molecule has 12 nitrogen and oxygen atoms in total. The smallest absolute Gasteiger partial charge is 0.321 e. The van der Waals surface area contributed by atoms with E-state index in [0.717, 1.165) is 51.9 Å². The van der Waals surface area contributed by atoms with Crippen molar-refractivity contribution in [1.29, 1.82) is 0 Å². The third kappa shape index (κ3) is 9.44. The maximum atomic E-state index is 14.0. The molecule has 6 rings (SSSR count). The molecule has 15 heteroatoms. The van der Waals surface area contributed by atoms with Crippen molar-refractivity contribution in [2.45, 2.75) is 25.7 Å². The molecule has 0 aliphatic carbocycles. The van der Waals surface area contributed by atoms with Crippen LogP contribution in [0, 0.1) is 11.6 Å². The highest BCUT2D eigenvalue weighted by atomic mass is 35.5. The Morgan fingerprint density at radius 1 is 0.711 bits per heavy atom. The normalized spacial score (nSPS) is 13.8. The zero-order valence-corrected chi connectivity index (χ0v) is 25.1. The Bertz CT molecular complexity index is 1630. The Morgan fingerprint density at radius 2 is 1.20 bits per heavy atom. The number of aromatic nitrogens is 4. The van der Waals surface area contributed by atoms with Gasteiger partial charge in [0, 0.05) is 61.1 Å². The fourth-order valence-corrected chi connectivity index (χ4v) is 4.77. The number of benzene rings is 2. The number of nitrogen functional groups attached to an aromatic ring is 3. The van der Waals surface area contributed by atoms with Gasteiger partial charge in [-0.15, -0.1) is 0 Å². The standard InChI is InChI=1S/C15H16FN5O.C10H9FN4.C5H8ClNO/c16-12-4-3-10(19-15(22)21-7-1-2-8-21)9-11(12)13-5-6-18-14(17)20-13;11-8-2-1-6(12)5-7(8)9-3-4-14-10(13)15-9;6-5(8)7-3-1-2-4-7/h3-6,9H,1-2,7-8H2,(H,19,22)(H2,17,18,20);1-5H,12H2,(H2,13,14,15);1-4H2. The number of anilines is 4. The summed E-state index contributed by atoms with van der Waals surface area (Å²) in [4.78, 5) is 41.2. The number of likely N-dealkylation sites (tertiary alicyclic amines) is 2. The van der Waals surface area contributed by atoms with E-state index in [0.29, 0.717) is 28.3 Å². The van der Waals surface area contributed by atoms with Gasteiger partial charge in [0.05, 0.1) is 11.4 Å². The van der Waals surface area contributed by atoms with E-state index in [-0.39, 0.29) is 34.7 Å². The first-order chi connectivity index (χ1) is 21.6. The van der Waals surface area contributed by atoms with Crippen molar-refractivity contribution < 1.29 is 18.4 Å². The predicted octanol–water partition coefficient (Wildman–Crippen LogP) is 5.38. The molecule has 0 saturated carbocycles. The Hall–Kier alpha value is -5.11. The molecule has 45 heavy (non-hydrogen) atoms. The maximum Gasteiger partial charge on any atom is 0.321 e. The van der Waals surface area contributed by atoms with Gasteiger partial charge in [-0.3, -0.25) is 4.79 Å². The minimum absolute atomic E-state index is 0.0726. The molecule has 4 heterocycles. The Kier molecular flexibility index (Phi) is 11.3. The summed E-state index contributed by atoms with van der Waals surface area (Å²) in [5, 5.41) is 2.48. The summed E-state index contributed by atoms with van der Waals surface area (Å²) < 4.78 is 27.4. The molecular weight excluding hydrogens is 606 g/mol. The average Bonchev–Trinajstić information content (AvgIpc) is 3.76. The van der Waals surface area contributed by atoms with Crippen LogP contribution in [0.4, 0.5) is 41.6 Å². The summed E-state index contributed by atoms with van der Waals surface area (Å²) >= 11 is 5.17. The van der Waals surface area contributed by atoms with Crippen molar-refractivity contribution >= 4 is 46.3 Å². The highest BCUT2D eigenvalue weighted by Crippen LogP contribution is 2.26. The Labute approximate surface area is 263 Å². The van der Waals surface area contributed by atoms with Gasteiger partial charge in [0.2, 0.25) is 11.9 Å². The van der Waals surface area contributed by atoms with E-state index in [4.69, 9.17) is 28.8 Å². The van der Waals surface area contributed by atoms with E-state index in [9.17, 15) is 18.4 Å². The second-order valence-corrected chi connectivity index (χ2v) is 10.4. The Balaban J connectivity index is 0.000000172. The number of amides is 3. The second-order valence-electron chi connectivity index (χ2n) is 10.1. The molecule has 236 valence electrons. The highest BCUT2D eigenvalue weighted by molar-refractivity contribution is 6.62. The number of hydrogen-bond acceptors (Lipinski definition) is 9. The molecule has 0 bridgehead atoms. The van der Waals surface area contributed by atoms with Crippen LogP contribution in [0.2, 0.25) is 0 Å². The minimum Gasteiger partial charge on any atom is -0.399 e. The van der Waals surface area contributed by atoms with Crippen LogP contribution >= 0.6 is 11.6 Å². The number of nitrogens with one attached hydrogen (secondary N) is 1. The summed E-state index contributed by atoms with van der Waals surface area (Å²) in [5.74, 6) is -0.641. The first kappa shape index (κ1) is 32.8. The quantitative estimate of drug-likeness (QED) is 0.130. The molecular formula is C30H33ClF2N10O2. The van der Waals surface area contributed by atoms with Gasteiger partial charge in [0.1, 0.15) is 11.6 Å². The van der Waals surface area contributed by atoms with Crippen molar-refractivity contribution in [2.75, 3.05) is 48.7 Å². The van der Waals surface area contributed by atoms with Gasteiger partial charge in [-0.2, -0.15) is 0 Å². The average molecular weight is 639 g/mol. The van der Waals surface area contributed by atoms with Gasteiger partial charge in [0.15, 0.2) is 0 Å². The van der Waals surface area contributed by atoms with Gasteiger partial charge >= 0.3 is 11.4 Å². The number of nitrogens with zero attached hydrogens (tertiary/aromatic N) is 6. The summed E-state index contributed by atoms with van der Waals surface area (Å²) in [7, 11) is 0. The monoisotopic (exact) mass is 638 g/mol. The molecule has 2 aromatic heterocycles. The molecule has 2 saturated heterocycles. The summed E-state index contributed by atoms with van der Waals surface area (Å²) in [6, 6.07) is 11.6. The number of urea groups is 1. The maximum absolute atomic E-state index is 14.0. The molecule has 3 amide bonds. The fraction of sp³-hybridized carbons (Fsp3) is 0.267.